The number of fused-ring (bicyclic) bond motifs is 2. The molecule has 3 rings (SSSR count). The smallest absolute Gasteiger partial charge is 0.410 e. The molecule has 2 saturated heterocycles. The summed E-state index contributed by atoms with van der Waals surface area (Å²) < 4.78 is 10.9. The van der Waals surface area contributed by atoms with Gasteiger partial charge in [-0.25, -0.2) is 9.59 Å². The third-order valence-electron chi connectivity index (χ3n) is 5.11. The summed E-state index contributed by atoms with van der Waals surface area (Å²) in [7, 11) is 0. The third-order valence-corrected chi connectivity index (χ3v) is 5.11. The summed E-state index contributed by atoms with van der Waals surface area (Å²) in [5, 5.41) is 2.99. The lowest BCUT2D eigenvalue weighted by Gasteiger charge is -2.48. The Hall–Kier alpha value is -2.24. The molecule has 6 nitrogen and oxygen atoms in total. The second-order valence-electron chi connectivity index (χ2n) is 8.50. The zero-order chi connectivity index (χ0) is 19.4. The molecule has 2 aliphatic heterocycles. The van der Waals surface area contributed by atoms with Gasteiger partial charge >= 0.3 is 12.2 Å². The monoisotopic (exact) mass is 374 g/mol. The minimum atomic E-state index is -0.498. The Bertz CT molecular complexity index is 642. The van der Waals surface area contributed by atoms with E-state index in [1.54, 1.807) is 0 Å². The van der Waals surface area contributed by atoms with Crippen LogP contribution in [0, 0.1) is 0 Å². The summed E-state index contributed by atoms with van der Waals surface area (Å²) in [5.41, 5.74) is 0.464. The Morgan fingerprint density at radius 1 is 1.11 bits per heavy atom. The van der Waals surface area contributed by atoms with E-state index in [0.29, 0.717) is 0 Å². The number of benzene rings is 1. The van der Waals surface area contributed by atoms with Crippen LogP contribution in [0.1, 0.15) is 58.4 Å². The SMILES string of the molecule is CC(C)(C)OC(=O)N1C2CCCC1CC(NC(=O)OCc1ccccc1)C2. The maximum Gasteiger partial charge on any atom is 0.410 e. The maximum atomic E-state index is 12.6. The van der Waals surface area contributed by atoms with Crippen LogP contribution in [0.2, 0.25) is 0 Å². The molecule has 0 saturated carbocycles. The second kappa shape index (κ2) is 8.19. The number of alkyl carbamates (subject to hydrolysis) is 1. The van der Waals surface area contributed by atoms with Gasteiger partial charge in [-0.1, -0.05) is 30.3 Å². The molecular formula is C21H30N2O4. The zero-order valence-corrected chi connectivity index (χ0v) is 16.4. The van der Waals surface area contributed by atoms with E-state index in [2.05, 4.69) is 5.32 Å². The van der Waals surface area contributed by atoms with E-state index in [9.17, 15) is 9.59 Å². The van der Waals surface area contributed by atoms with Crippen molar-refractivity contribution < 1.29 is 19.1 Å². The highest BCUT2D eigenvalue weighted by molar-refractivity contribution is 5.70. The molecule has 1 aromatic rings. The summed E-state index contributed by atoms with van der Waals surface area (Å²) in [5.74, 6) is 0. The van der Waals surface area contributed by atoms with Crippen LogP contribution in [-0.4, -0.2) is 40.8 Å². The number of carbonyl (C=O) groups is 2. The molecule has 1 aromatic carbocycles. The number of piperidine rings is 2. The Morgan fingerprint density at radius 2 is 1.74 bits per heavy atom. The lowest BCUT2D eigenvalue weighted by molar-refractivity contribution is -0.0232. The molecule has 148 valence electrons. The molecule has 0 spiro atoms. The Kier molecular flexibility index (Phi) is 5.92. The molecule has 2 amide bonds. The highest BCUT2D eigenvalue weighted by Crippen LogP contribution is 2.35. The van der Waals surface area contributed by atoms with Crippen molar-refractivity contribution in [3.8, 4) is 0 Å². The van der Waals surface area contributed by atoms with Gasteiger partial charge < -0.3 is 19.7 Å². The minimum Gasteiger partial charge on any atom is -0.445 e. The number of carbonyl (C=O) groups excluding carboxylic acids is 2. The lowest BCUT2D eigenvalue weighted by atomic mass is 9.82. The average Bonchev–Trinajstić information content (AvgIpc) is 2.58. The van der Waals surface area contributed by atoms with Crippen molar-refractivity contribution in [1.82, 2.24) is 10.2 Å². The van der Waals surface area contributed by atoms with Crippen LogP contribution in [0.3, 0.4) is 0 Å². The summed E-state index contributed by atoms with van der Waals surface area (Å²) in [6.07, 6.45) is 3.88. The quantitative estimate of drug-likeness (QED) is 0.859. The van der Waals surface area contributed by atoms with E-state index >= 15 is 0 Å². The van der Waals surface area contributed by atoms with E-state index in [4.69, 9.17) is 9.47 Å². The van der Waals surface area contributed by atoms with Crippen molar-refractivity contribution in [2.24, 2.45) is 0 Å². The van der Waals surface area contributed by atoms with Crippen LogP contribution in [-0.2, 0) is 16.1 Å². The first-order valence-electron chi connectivity index (χ1n) is 9.80. The van der Waals surface area contributed by atoms with Gasteiger partial charge in [0, 0.05) is 18.1 Å². The van der Waals surface area contributed by atoms with Gasteiger partial charge in [-0.3, -0.25) is 0 Å². The molecule has 0 aromatic heterocycles. The van der Waals surface area contributed by atoms with Crippen molar-refractivity contribution >= 4 is 12.2 Å². The summed E-state index contributed by atoms with van der Waals surface area (Å²) in [6.45, 7) is 5.92. The Labute approximate surface area is 161 Å². The van der Waals surface area contributed by atoms with Crippen LogP contribution in [0.5, 0.6) is 0 Å². The van der Waals surface area contributed by atoms with Crippen LogP contribution in [0.15, 0.2) is 30.3 Å². The number of hydrogen-bond acceptors (Lipinski definition) is 4. The van der Waals surface area contributed by atoms with E-state index < -0.39 is 11.7 Å². The molecule has 2 fully saturated rings. The highest BCUT2D eigenvalue weighted by atomic mass is 16.6. The predicted octanol–water partition coefficient (Wildman–Crippen LogP) is 4.23. The van der Waals surface area contributed by atoms with E-state index in [1.807, 2.05) is 56.0 Å². The average molecular weight is 374 g/mol. The molecule has 2 heterocycles. The van der Waals surface area contributed by atoms with Gasteiger partial charge in [-0.2, -0.15) is 0 Å². The first-order valence-corrected chi connectivity index (χ1v) is 9.80. The van der Waals surface area contributed by atoms with Crippen molar-refractivity contribution in [2.75, 3.05) is 0 Å². The Balaban J connectivity index is 1.53. The maximum absolute atomic E-state index is 12.6. The van der Waals surface area contributed by atoms with Gasteiger partial charge in [0.2, 0.25) is 0 Å². The molecule has 2 bridgehead atoms. The first-order chi connectivity index (χ1) is 12.8. The fourth-order valence-corrected chi connectivity index (χ4v) is 4.04. The fourth-order valence-electron chi connectivity index (χ4n) is 4.04. The van der Waals surface area contributed by atoms with Gasteiger partial charge in [-0.15, -0.1) is 0 Å². The largest absolute Gasteiger partial charge is 0.445 e. The number of nitrogens with zero attached hydrogens (tertiary/aromatic N) is 1. The van der Waals surface area contributed by atoms with Gasteiger partial charge in [0.1, 0.15) is 12.2 Å². The van der Waals surface area contributed by atoms with Gasteiger partial charge in [0.05, 0.1) is 0 Å². The Morgan fingerprint density at radius 3 is 2.33 bits per heavy atom. The van der Waals surface area contributed by atoms with Crippen LogP contribution in [0.4, 0.5) is 9.59 Å². The van der Waals surface area contributed by atoms with Crippen molar-refractivity contribution in [3.63, 3.8) is 0 Å². The topological polar surface area (TPSA) is 67.9 Å². The molecule has 0 radical (unpaired) electrons. The van der Waals surface area contributed by atoms with E-state index in [0.717, 1.165) is 37.7 Å². The van der Waals surface area contributed by atoms with Gasteiger partial charge in [0.25, 0.3) is 0 Å². The summed E-state index contributed by atoms with van der Waals surface area (Å²) >= 11 is 0. The molecular weight excluding hydrogens is 344 g/mol. The second-order valence-corrected chi connectivity index (χ2v) is 8.50. The minimum absolute atomic E-state index is 0.0299. The van der Waals surface area contributed by atoms with Crippen LogP contribution >= 0.6 is 0 Å². The normalized spacial score (nSPS) is 24.9. The van der Waals surface area contributed by atoms with E-state index in [-0.39, 0.29) is 30.8 Å². The highest BCUT2D eigenvalue weighted by Gasteiger charge is 2.43. The molecule has 2 unspecified atom stereocenters. The predicted molar refractivity (Wildman–Crippen MR) is 102 cm³/mol. The van der Waals surface area contributed by atoms with E-state index in [1.165, 1.54) is 0 Å². The number of rotatable bonds is 3. The summed E-state index contributed by atoms with van der Waals surface area (Å²) in [6, 6.07) is 9.89. The summed E-state index contributed by atoms with van der Waals surface area (Å²) in [4.78, 5) is 26.7. The van der Waals surface area contributed by atoms with Crippen LogP contribution in [0.25, 0.3) is 0 Å². The number of ether oxygens (including phenoxy) is 2. The number of hydrogen-bond donors (Lipinski definition) is 1. The van der Waals surface area contributed by atoms with Crippen molar-refractivity contribution in [1.29, 1.82) is 0 Å². The fraction of sp³-hybridized carbons (Fsp3) is 0.619. The molecule has 2 aliphatic rings. The lowest BCUT2D eigenvalue weighted by Crippen LogP contribution is -2.59. The van der Waals surface area contributed by atoms with Crippen molar-refractivity contribution in [2.45, 2.75) is 83.2 Å². The molecule has 2 atom stereocenters. The zero-order valence-electron chi connectivity index (χ0n) is 16.4. The molecule has 1 N–H and O–H groups in total. The third kappa shape index (κ3) is 5.37. The number of nitrogens with one attached hydrogen (secondary N) is 1. The molecule has 27 heavy (non-hydrogen) atoms. The molecule has 0 aliphatic carbocycles. The van der Waals surface area contributed by atoms with Gasteiger partial charge in [-0.05, 0) is 58.4 Å². The van der Waals surface area contributed by atoms with Gasteiger partial charge in [0.15, 0.2) is 0 Å². The number of amides is 2. The van der Waals surface area contributed by atoms with Crippen molar-refractivity contribution in [3.05, 3.63) is 35.9 Å². The molecule has 6 heteroatoms. The standard InChI is InChI=1S/C21H30N2O4/c1-21(2,3)27-20(25)23-17-10-7-11-18(23)13-16(12-17)22-19(24)26-14-15-8-5-4-6-9-15/h4-6,8-9,16-18H,7,10-14H2,1-3H3,(H,22,24). The van der Waals surface area contributed by atoms with Crippen LogP contribution < -0.4 is 5.32 Å². The first kappa shape index (κ1) is 19.5.